The fraction of sp³-hybridized carbons (Fsp3) is 0. The first kappa shape index (κ1) is 37.8. The monoisotopic (exact) mass is 868 g/mol. The number of hydrogen-bond acceptors (Lipinski definition) is 15. The Morgan fingerprint density at radius 3 is 0.607 bits per heavy atom. The molecule has 28 heavy (non-hydrogen) atoms. The predicted octanol–water partition coefficient (Wildman–Crippen LogP) is -5.61. The second kappa shape index (κ2) is 13.9. The molecule has 0 aliphatic heterocycles. The molecule has 0 amide bonds. The molecular formula is H6CeMo3O21P3. The van der Waals surface area contributed by atoms with Gasteiger partial charge in [-0.05, 0) is 0 Å². The summed E-state index contributed by atoms with van der Waals surface area (Å²) < 4.78 is 122. The summed E-state index contributed by atoms with van der Waals surface area (Å²) in [6.45, 7) is 0. The first-order valence-corrected chi connectivity index (χ1v) is 18.7. The van der Waals surface area contributed by atoms with Crippen LogP contribution in [0.25, 0.3) is 0 Å². The van der Waals surface area contributed by atoms with Gasteiger partial charge in [0.05, 0.1) is 0 Å². The summed E-state index contributed by atoms with van der Waals surface area (Å²) in [4.78, 5) is 46.1. The Morgan fingerprint density at radius 1 is 0.500 bits per heavy atom. The molecule has 0 aromatic heterocycles. The molecule has 1 radical (unpaired) electrons. The van der Waals surface area contributed by atoms with Gasteiger partial charge in [-0.25, -0.2) is 0 Å². The molecule has 0 saturated heterocycles. The Hall–Kier alpha value is 2.45. The first-order valence-electron chi connectivity index (χ1n) is 4.30. The van der Waals surface area contributed by atoms with Crippen molar-refractivity contribution in [3.63, 3.8) is 0 Å². The number of phosphoric acid groups is 3. The molecule has 0 heterocycles. The molecule has 169 valence electrons. The van der Waals surface area contributed by atoms with Crippen LogP contribution in [-0.2, 0) is 93.9 Å². The van der Waals surface area contributed by atoms with E-state index < -0.39 is 73.7 Å². The molecule has 0 atom stereocenters. The summed E-state index contributed by atoms with van der Waals surface area (Å²) in [7, 11) is -15.4. The summed E-state index contributed by atoms with van der Waals surface area (Å²) in [5, 5.41) is 0. The van der Waals surface area contributed by atoms with E-state index in [1.165, 1.54) is 0 Å². The maximum absolute atomic E-state index is 9.57. The van der Waals surface area contributed by atoms with Crippen LogP contribution in [0.3, 0.4) is 0 Å². The van der Waals surface area contributed by atoms with Crippen LogP contribution in [0.5, 0.6) is 0 Å². The van der Waals surface area contributed by atoms with Gasteiger partial charge in [-0.3, -0.25) is 0 Å². The van der Waals surface area contributed by atoms with Crippen LogP contribution in [0.4, 0.5) is 0 Å². The molecule has 0 unspecified atom stereocenters. The summed E-state index contributed by atoms with van der Waals surface area (Å²) in [5.41, 5.74) is 0. The van der Waals surface area contributed by atoms with E-state index in [-0.39, 0.29) is 41.7 Å². The minimum absolute atomic E-state index is 0. The number of hydrogen-bond donors (Lipinski definition) is 6. The molecule has 0 aliphatic rings. The molecule has 0 bridgehead atoms. The van der Waals surface area contributed by atoms with Crippen molar-refractivity contribution in [2.24, 2.45) is 0 Å². The maximum atomic E-state index is 9.57. The average Bonchev–Trinajstić information content (AvgIpc) is 1.96. The van der Waals surface area contributed by atoms with Crippen LogP contribution >= 0.6 is 23.5 Å². The van der Waals surface area contributed by atoms with E-state index in [2.05, 4.69) is 9.53 Å². The quantitative estimate of drug-likeness (QED) is 0.107. The molecular weight excluding hydrogens is 857 g/mol. The van der Waals surface area contributed by atoms with E-state index in [1.807, 2.05) is 0 Å². The third-order valence-corrected chi connectivity index (χ3v) is 10.0. The van der Waals surface area contributed by atoms with E-state index >= 15 is 0 Å². The van der Waals surface area contributed by atoms with Crippen molar-refractivity contribution in [1.82, 2.24) is 0 Å². The first-order chi connectivity index (χ1) is 11.1. The molecule has 0 spiro atoms. The van der Waals surface area contributed by atoms with Gasteiger partial charge in [-0.15, -0.1) is 0 Å². The third kappa shape index (κ3) is 51.3. The molecule has 0 aromatic rings. The molecule has 6 N–H and O–H groups in total. The standard InChI is InChI=1S/Ce.3Mo.3H3O4P.9O/c;;;;3*1-5(2,3)4;;;;;;;;;/h;;;;3*(H3,1,2,3,4);;;;;;;;;/q+3;3*+1;;;;;;;;;;3*-1/p-3. The van der Waals surface area contributed by atoms with Gasteiger partial charge in [0.25, 0.3) is 0 Å². The fourth-order valence-corrected chi connectivity index (χ4v) is 6.33. The second-order valence-corrected chi connectivity index (χ2v) is 15.6. The van der Waals surface area contributed by atoms with Gasteiger partial charge in [0.15, 0.2) is 0 Å². The summed E-state index contributed by atoms with van der Waals surface area (Å²) in [6, 6.07) is 0. The smallest absolute Gasteiger partial charge is 3.00 e. The van der Waals surface area contributed by atoms with E-state index in [9.17, 15) is 45.4 Å². The molecule has 0 fully saturated rings. The Kier molecular flexibility index (Phi) is 18.7. The van der Waals surface area contributed by atoms with E-state index in [4.69, 9.17) is 29.4 Å². The van der Waals surface area contributed by atoms with E-state index in [1.54, 1.807) is 0 Å². The molecule has 0 saturated carbocycles. The minimum atomic E-state index is -6.28. The zero-order chi connectivity index (χ0) is 23.1. The van der Waals surface area contributed by atoms with Gasteiger partial charge in [-0.2, -0.15) is 0 Å². The van der Waals surface area contributed by atoms with Crippen LogP contribution in [0, 0.1) is 41.7 Å². The zero-order valence-electron chi connectivity index (χ0n) is 11.9. The van der Waals surface area contributed by atoms with Gasteiger partial charge in [0.2, 0.25) is 0 Å². The maximum Gasteiger partial charge on any atom is 3.00 e. The Balaban J connectivity index is -0.000000152. The molecule has 0 aromatic carbocycles. The van der Waals surface area contributed by atoms with Crippen molar-refractivity contribution < 1.29 is 176 Å². The molecule has 0 aliphatic carbocycles. The predicted molar refractivity (Wildman–Crippen MR) is 43.5 cm³/mol. The Morgan fingerprint density at radius 2 is 0.607 bits per heavy atom. The minimum Gasteiger partial charge on any atom is 3.00 e. The number of rotatable bonds is 6. The Bertz CT molecular complexity index is 776. The van der Waals surface area contributed by atoms with Crippen molar-refractivity contribution in [2.75, 3.05) is 0 Å². The van der Waals surface area contributed by atoms with Crippen molar-refractivity contribution in [1.29, 1.82) is 0 Å². The molecule has 21 nitrogen and oxygen atoms in total. The average molecular weight is 863 g/mol. The van der Waals surface area contributed by atoms with Crippen molar-refractivity contribution in [2.45, 2.75) is 0 Å². The largest absolute Gasteiger partial charge is 3.00 e. The summed E-state index contributed by atoms with van der Waals surface area (Å²) in [5.74, 6) is 0. The van der Waals surface area contributed by atoms with Crippen LogP contribution in [0.2, 0.25) is 0 Å². The fourth-order valence-electron chi connectivity index (χ4n) is 0.357. The van der Waals surface area contributed by atoms with E-state index in [0.717, 1.165) is 0 Å². The Labute approximate surface area is 197 Å². The van der Waals surface area contributed by atoms with Crippen molar-refractivity contribution >= 4 is 23.5 Å². The summed E-state index contributed by atoms with van der Waals surface area (Å²) in [6.07, 6.45) is 0. The van der Waals surface area contributed by atoms with Gasteiger partial charge >= 0.3 is 200 Å². The van der Waals surface area contributed by atoms with Gasteiger partial charge < -0.3 is 0 Å². The normalized spacial score (nSPS) is 13.2. The molecule has 28 heteroatoms. The topological polar surface area (TPSA) is 372 Å². The van der Waals surface area contributed by atoms with Crippen LogP contribution in [-0.4, -0.2) is 29.4 Å². The van der Waals surface area contributed by atoms with Gasteiger partial charge in [0, 0.05) is 0 Å². The third-order valence-electron chi connectivity index (χ3n) is 0.565. The van der Waals surface area contributed by atoms with Crippen LogP contribution < -0.4 is 11.3 Å². The van der Waals surface area contributed by atoms with E-state index in [0.29, 0.717) is 0 Å². The zero-order valence-corrected chi connectivity index (χ0v) is 23.7. The summed E-state index contributed by atoms with van der Waals surface area (Å²) >= 11 is -18.8. The van der Waals surface area contributed by atoms with Crippen LogP contribution in [0.15, 0.2) is 0 Å². The van der Waals surface area contributed by atoms with Crippen molar-refractivity contribution in [3.05, 3.63) is 0 Å². The van der Waals surface area contributed by atoms with Crippen LogP contribution in [0.1, 0.15) is 0 Å². The second-order valence-electron chi connectivity index (χ2n) is 2.92. The van der Waals surface area contributed by atoms with Gasteiger partial charge in [0.1, 0.15) is 0 Å². The SMILES string of the molecule is O=P(O)(O)[O][Mo](=[O])(=[O])[O-].O=P(O)(O)[O][Mo](=[O])(=[O])[O-].O=P(O)(O)[O][Mo](=[O])(=[O])[O-].[Ce+3]. The van der Waals surface area contributed by atoms with Crippen molar-refractivity contribution in [3.8, 4) is 0 Å². The van der Waals surface area contributed by atoms with Gasteiger partial charge in [-0.1, -0.05) is 0 Å². The molecule has 0 rings (SSSR count).